The molecule has 0 amide bonds. The van der Waals surface area contributed by atoms with Crippen molar-refractivity contribution in [3.8, 4) is 0 Å². The molecule has 1 atom stereocenters. The van der Waals surface area contributed by atoms with E-state index < -0.39 is 0 Å². The van der Waals surface area contributed by atoms with Crippen LogP contribution in [0.3, 0.4) is 0 Å². The van der Waals surface area contributed by atoms with Crippen LogP contribution in [-0.4, -0.2) is 11.0 Å². The van der Waals surface area contributed by atoms with Crippen molar-refractivity contribution < 1.29 is 0 Å². The summed E-state index contributed by atoms with van der Waals surface area (Å²) in [5.41, 5.74) is 10.8. The summed E-state index contributed by atoms with van der Waals surface area (Å²) in [5, 5.41) is 0. The number of thiazole rings is 1. The smallest absolute Gasteiger partial charge is 0.0815 e. The minimum atomic E-state index is 0.241. The van der Waals surface area contributed by atoms with E-state index in [-0.39, 0.29) is 11.5 Å². The van der Waals surface area contributed by atoms with Gasteiger partial charge in [0.1, 0.15) is 0 Å². The highest BCUT2D eigenvalue weighted by Crippen LogP contribution is 2.52. The summed E-state index contributed by atoms with van der Waals surface area (Å²) in [4.78, 5) is 4.36. The average Bonchev–Trinajstić information content (AvgIpc) is 2.89. The molecule has 1 aromatic heterocycles. The highest BCUT2D eigenvalue weighted by Gasteiger charge is 2.48. The molecule has 0 bridgehead atoms. The van der Waals surface area contributed by atoms with E-state index in [1.165, 1.54) is 23.1 Å². The molecule has 1 aromatic carbocycles. The third kappa shape index (κ3) is 1.23. The van der Waals surface area contributed by atoms with E-state index in [2.05, 4.69) is 30.1 Å². The van der Waals surface area contributed by atoms with Crippen LogP contribution in [0.4, 0.5) is 0 Å². The summed E-state index contributed by atoms with van der Waals surface area (Å²) < 4.78 is 1.33. The zero-order valence-electron chi connectivity index (χ0n) is 8.73. The quantitative estimate of drug-likeness (QED) is 0.841. The second kappa shape index (κ2) is 3.03. The molecular formula is C12H14N2S. The van der Waals surface area contributed by atoms with E-state index >= 15 is 0 Å². The molecule has 0 saturated heterocycles. The fourth-order valence-corrected chi connectivity index (χ4v) is 3.29. The van der Waals surface area contributed by atoms with Gasteiger partial charge in [0.05, 0.1) is 15.7 Å². The van der Waals surface area contributed by atoms with E-state index in [0.717, 1.165) is 5.52 Å². The molecule has 1 heterocycles. The Morgan fingerprint density at radius 1 is 1.47 bits per heavy atom. The minimum Gasteiger partial charge on any atom is -0.327 e. The number of nitrogens with zero attached hydrogens (tertiary/aromatic N) is 1. The molecule has 1 unspecified atom stereocenters. The molecule has 15 heavy (non-hydrogen) atoms. The van der Waals surface area contributed by atoms with Gasteiger partial charge in [0.2, 0.25) is 0 Å². The third-order valence-electron chi connectivity index (χ3n) is 3.55. The van der Waals surface area contributed by atoms with Crippen molar-refractivity contribution in [1.82, 2.24) is 4.98 Å². The van der Waals surface area contributed by atoms with Crippen molar-refractivity contribution in [3.05, 3.63) is 29.3 Å². The van der Waals surface area contributed by atoms with Crippen LogP contribution in [0.2, 0.25) is 0 Å². The maximum Gasteiger partial charge on any atom is 0.0815 e. The molecule has 1 fully saturated rings. The van der Waals surface area contributed by atoms with Crippen LogP contribution in [0.5, 0.6) is 0 Å². The molecule has 78 valence electrons. The normalized spacial score (nSPS) is 20.4. The maximum absolute atomic E-state index is 6.11. The van der Waals surface area contributed by atoms with E-state index in [0.29, 0.717) is 0 Å². The number of hydrogen-bond donors (Lipinski definition) is 1. The topological polar surface area (TPSA) is 38.9 Å². The molecule has 0 spiro atoms. The number of fused-ring (bicyclic) bond motifs is 1. The molecule has 1 saturated carbocycles. The highest BCUT2D eigenvalue weighted by molar-refractivity contribution is 7.17. The van der Waals surface area contributed by atoms with Crippen molar-refractivity contribution in [2.45, 2.75) is 31.2 Å². The molecule has 0 radical (unpaired) electrons. The molecule has 1 aliphatic rings. The van der Waals surface area contributed by atoms with Gasteiger partial charge in [0.25, 0.3) is 0 Å². The molecule has 1 aliphatic carbocycles. The predicted octanol–water partition coefficient (Wildman–Crippen LogP) is 2.68. The number of rotatable bonds is 2. The lowest BCUT2D eigenvalue weighted by atomic mass is 9.89. The van der Waals surface area contributed by atoms with Crippen LogP contribution in [0.25, 0.3) is 10.2 Å². The molecule has 0 aliphatic heterocycles. The van der Waals surface area contributed by atoms with E-state index in [9.17, 15) is 0 Å². The SMILES string of the molecule is CC(N)C1(c2cccc3ncsc23)CC1. The summed E-state index contributed by atoms with van der Waals surface area (Å²) in [7, 11) is 0. The monoisotopic (exact) mass is 218 g/mol. The first-order valence-corrected chi connectivity index (χ1v) is 6.20. The first-order valence-electron chi connectivity index (χ1n) is 5.32. The molecule has 2 aromatic rings. The van der Waals surface area contributed by atoms with Gasteiger partial charge in [-0.3, -0.25) is 0 Å². The summed E-state index contributed by atoms with van der Waals surface area (Å²) >= 11 is 1.73. The maximum atomic E-state index is 6.11. The number of benzene rings is 1. The fourth-order valence-electron chi connectivity index (χ4n) is 2.38. The lowest BCUT2D eigenvalue weighted by Gasteiger charge is -2.20. The second-order valence-electron chi connectivity index (χ2n) is 4.45. The Morgan fingerprint density at radius 2 is 2.27 bits per heavy atom. The summed E-state index contributed by atoms with van der Waals surface area (Å²) in [6.07, 6.45) is 2.45. The van der Waals surface area contributed by atoms with Crippen LogP contribution in [0, 0.1) is 0 Å². The number of hydrogen-bond acceptors (Lipinski definition) is 3. The van der Waals surface area contributed by atoms with E-state index in [4.69, 9.17) is 5.73 Å². The minimum absolute atomic E-state index is 0.241. The van der Waals surface area contributed by atoms with Crippen molar-refractivity contribution in [1.29, 1.82) is 0 Å². The van der Waals surface area contributed by atoms with Crippen LogP contribution in [-0.2, 0) is 5.41 Å². The largest absolute Gasteiger partial charge is 0.327 e. The zero-order valence-corrected chi connectivity index (χ0v) is 9.55. The first-order chi connectivity index (χ1) is 7.24. The Hall–Kier alpha value is -0.930. The summed E-state index contributed by atoms with van der Waals surface area (Å²) in [6.45, 7) is 2.12. The Bertz CT molecular complexity index is 497. The summed E-state index contributed by atoms with van der Waals surface area (Å²) in [6, 6.07) is 6.63. The molecule has 3 rings (SSSR count). The van der Waals surface area contributed by atoms with Gasteiger partial charge in [-0.25, -0.2) is 4.98 Å². The first kappa shape index (κ1) is 9.31. The van der Waals surface area contributed by atoms with Gasteiger partial charge in [0.15, 0.2) is 0 Å². The van der Waals surface area contributed by atoms with Gasteiger partial charge in [0, 0.05) is 11.5 Å². The summed E-state index contributed by atoms with van der Waals surface area (Å²) in [5.74, 6) is 0. The lowest BCUT2D eigenvalue weighted by molar-refractivity contribution is 0.561. The van der Waals surface area contributed by atoms with Gasteiger partial charge in [-0.05, 0) is 31.4 Å². The van der Waals surface area contributed by atoms with Crippen LogP contribution >= 0.6 is 11.3 Å². The van der Waals surface area contributed by atoms with Gasteiger partial charge in [-0.15, -0.1) is 11.3 Å². The lowest BCUT2D eigenvalue weighted by Crippen LogP contribution is -2.31. The number of nitrogens with two attached hydrogens (primary N) is 1. The van der Waals surface area contributed by atoms with Crippen molar-refractivity contribution in [2.75, 3.05) is 0 Å². The molecule has 3 heteroatoms. The van der Waals surface area contributed by atoms with Crippen LogP contribution in [0.1, 0.15) is 25.3 Å². The zero-order chi connectivity index (χ0) is 10.5. The van der Waals surface area contributed by atoms with Crippen LogP contribution in [0.15, 0.2) is 23.7 Å². The predicted molar refractivity (Wildman–Crippen MR) is 64.2 cm³/mol. The average molecular weight is 218 g/mol. The van der Waals surface area contributed by atoms with Gasteiger partial charge >= 0.3 is 0 Å². The highest BCUT2D eigenvalue weighted by atomic mass is 32.1. The van der Waals surface area contributed by atoms with Crippen molar-refractivity contribution in [3.63, 3.8) is 0 Å². The van der Waals surface area contributed by atoms with E-state index in [1.54, 1.807) is 11.3 Å². The standard InChI is InChI=1S/C12H14N2S/c1-8(13)12(5-6-12)9-3-2-4-10-11(9)15-7-14-10/h2-4,7-8H,5-6,13H2,1H3. The third-order valence-corrected chi connectivity index (χ3v) is 4.43. The Morgan fingerprint density at radius 3 is 2.93 bits per heavy atom. The second-order valence-corrected chi connectivity index (χ2v) is 5.31. The van der Waals surface area contributed by atoms with Crippen molar-refractivity contribution >= 4 is 21.6 Å². The van der Waals surface area contributed by atoms with Crippen molar-refractivity contribution in [2.24, 2.45) is 5.73 Å². The molecule has 2 nitrogen and oxygen atoms in total. The molecular weight excluding hydrogens is 204 g/mol. The number of aromatic nitrogens is 1. The Kier molecular flexibility index (Phi) is 1.88. The Labute approximate surface area is 93.1 Å². The fraction of sp³-hybridized carbons (Fsp3) is 0.417. The van der Waals surface area contributed by atoms with Crippen LogP contribution < -0.4 is 5.73 Å². The Balaban J connectivity index is 2.23. The molecule has 2 N–H and O–H groups in total. The van der Waals surface area contributed by atoms with Gasteiger partial charge < -0.3 is 5.73 Å². The van der Waals surface area contributed by atoms with Gasteiger partial charge in [-0.2, -0.15) is 0 Å². The van der Waals surface area contributed by atoms with Gasteiger partial charge in [-0.1, -0.05) is 12.1 Å². The van der Waals surface area contributed by atoms with E-state index in [1.807, 2.05) is 5.51 Å².